The van der Waals surface area contributed by atoms with Gasteiger partial charge in [0.15, 0.2) is 0 Å². The first-order valence-corrected chi connectivity index (χ1v) is 7.72. The Balaban J connectivity index is 0.00000132. The molecule has 0 aliphatic carbocycles. The number of piperidine rings is 1. The average molecular weight is 359 g/mol. The van der Waals surface area contributed by atoms with Crippen LogP contribution in [-0.2, 0) is 11.3 Å². The predicted octanol–water partition coefficient (Wildman–Crippen LogP) is 2.80. The first-order valence-electron chi connectivity index (χ1n) is 7.72. The summed E-state index contributed by atoms with van der Waals surface area (Å²) in [6.45, 7) is 2.65. The molecule has 1 fully saturated rings. The number of para-hydroxylation sites is 2. The fourth-order valence-corrected chi connectivity index (χ4v) is 2.87. The van der Waals surface area contributed by atoms with Crippen molar-refractivity contribution in [2.75, 3.05) is 13.1 Å². The van der Waals surface area contributed by atoms with Crippen LogP contribution in [0.25, 0.3) is 11.0 Å². The normalized spacial score (nSPS) is 14.8. The second kappa shape index (κ2) is 9.75. The number of nitrogens with one attached hydrogen (secondary N) is 3. The zero-order valence-corrected chi connectivity index (χ0v) is 14.6. The topological polar surface area (TPSA) is 69.8 Å². The maximum atomic E-state index is 11.9. The summed E-state index contributed by atoms with van der Waals surface area (Å²) in [6.07, 6.45) is 3.99. The van der Waals surface area contributed by atoms with E-state index in [1.165, 1.54) is 12.8 Å². The van der Waals surface area contributed by atoms with Crippen molar-refractivity contribution in [2.24, 2.45) is 5.92 Å². The van der Waals surface area contributed by atoms with Crippen LogP contribution in [0.15, 0.2) is 24.3 Å². The first kappa shape index (κ1) is 19.7. The highest BCUT2D eigenvalue weighted by atomic mass is 35.5. The molecule has 1 aliphatic heterocycles. The van der Waals surface area contributed by atoms with Crippen molar-refractivity contribution in [3.05, 3.63) is 30.1 Å². The molecular formula is C16H24Cl2N4O. The summed E-state index contributed by atoms with van der Waals surface area (Å²) in [6, 6.07) is 7.89. The van der Waals surface area contributed by atoms with Gasteiger partial charge in [-0.15, -0.1) is 24.8 Å². The number of imidazole rings is 1. The third-order valence-corrected chi connectivity index (χ3v) is 4.13. The van der Waals surface area contributed by atoms with Crippen LogP contribution in [0.4, 0.5) is 0 Å². The van der Waals surface area contributed by atoms with E-state index in [0.717, 1.165) is 36.4 Å². The summed E-state index contributed by atoms with van der Waals surface area (Å²) in [5, 5.41) is 6.30. The zero-order valence-electron chi connectivity index (χ0n) is 13.0. The summed E-state index contributed by atoms with van der Waals surface area (Å²) >= 11 is 0. The summed E-state index contributed by atoms with van der Waals surface area (Å²) in [5.41, 5.74) is 1.95. The van der Waals surface area contributed by atoms with E-state index in [9.17, 15) is 4.79 Å². The number of halogens is 2. The molecule has 3 rings (SSSR count). The molecule has 7 heteroatoms. The number of H-pyrrole nitrogens is 1. The molecule has 1 amide bonds. The third kappa shape index (κ3) is 5.68. The maximum absolute atomic E-state index is 11.9. The molecule has 5 nitrogen and oxygen atoms in total. The summed E-state index contributed by atoms with van der Waals surface area (Å²) in [5.74, 6) is 1.63. The minimum absolute atomic E-state index is 0. The highest BCUT2D eigenvalue weighted by Gasteiger charge is 2.14. The fraction of sp³-hybridized carbons (Fsp3) is 0.500. The molecule has 2 heterocycles. The van der Waals surface area contributed by atoms with Crippen LogP contribution >= 0.6 is 24.8 Å². The van der Waals surface area contributed by atoms with Crippen LogP contribution in [0.3, 0.4) is 0 Å². The quantitative estimate of drug-likeness (QED) is 0.769. The zero-order chi connectivity index (χ0) is 14.5. The van der Waals surface area contributed by atoms with E-state index in [1.807, 2.05) is 24.3 Å². The van der Waals surface area contributed by atoms with E-state index in [0.29, 0.717) is 18.9 Å². The van der Waals surface area contributed by atoms with E-state index in [4.69, 9.17) is 0 Å². The van der Waals surface area contributed by atoms with Gasteiger partial charge in [0.05, 0.1) is 17.6 Å². The van der Waals surface area contributed by atoms with Gasteiger partial charge in [-0.2, -0.15) is 0 Å². The standard InChI is InChI=1S/C16H22N4O.2ClH/c21-16(6-5-12-7-9-17-10-8-12)18-11-15-19-13-3-1-2-4-14(13)20-15;;/h1-4,12,17H,5-11H2,(H,18,21)(H,19,20);2*1H. The lowest BCUT2D eigenvalue weighted by molar-refractivity contribution is -0.121. The van der Waals surface area contributed by atoms with Crippen molar-refractivity contribution >= 4 is 41.8 Å². The van der Waals surface area contributed by atoms with Gasteiger partial charge in [0.2, 0.25) is 5.91 Å². The Labute approximate surface area is 148 Å². The van der Waals surface area contributed by atoms with Gasteiger partial charge in [-0.3, -0.25) is 4.79 Å². The molecule has 0 spiro atoms. The third-order valence-electron chi connectivity index (χ3n) is 4.13. The number of rotatable bonds is 5. The molecule has 23 heavy (non-hydrogen) atoms. The molecule has 1 aromatic heterocycles. The Kier molecular flexibility index (Phi) is 8.37. The van der Waals surface area contributed by atoms with E-state index in [1.54, 1.807) is 0 Å². The summed E-state index contributed by atoms with van der Waals surface area (Å²) in [7, 11) is 0. The Morgan fingerprint density at radius 1 is 1.22 bits per heavy atom. The van der Waals surface area contributed by atoms with Crippen LogP contribution < -0.4 is 10.6 Å². The van der Waals surface area contributed by atoms with Crippen molar-refractivity contribution in [3.8, 4) is 0 Å². The first-order chi connectivity index (χ1) is 10.3. The van der Waals surface area contributed by atoms with Gasteiger partial charge in [0.1, 0.15) is 5.82 Å². The molecule has 3 N–H and O–H groups in total. The number of hydrogen-bond donors (Lipinski definition) is 3. The number of benzene rings is 1. The Hall–Kier alpha value is -1.30. The van der Waals surface area contributed by atoms with Gasteiger partial charge in [-0.25, -0.2) is 4.98 Å². The van der Waals surface area contributed by atoms with Crippen molar-refractivity contribution in [3.63, 3.8) is 0 Å². The van der Waals surface area contributed by atoms with Crippen LogP contribution in [0.5, 0.6) is 0 Å². The van der Waals surface area contributed by atoms with E-state index in [-0.39, 0.29) is 30.7 Å². The lowest BCUT2D eigenvalue weighted by atomic mass is 9.93. The molecule has 1 aliphatic rings. The summed E-state index contributed by atoms with van der Waals surface area (Å²) < 4.78 is 0. The SMILES string of the molecule is Cl.Cl.O=C(CCC1CCNCC1)NCc1nc2ccccc2[nH]1. The molecule has 1 saturated heterocycles. The van der Waals surface area contributed by atoms with Crippen molar-refractivity contribution in [1.29, 1.82) is 0 Å². The highest BCUT2D eigenvalue weighted by Crippen LogP contribution is 2.17. The molecule has 0 bridgehead atoms. The van der Waals surface area contributed by atoms with Crippen LogP contribution in [0.2, 0.25) is 0 Å². The number of aromatic amines is 1. The Bertz CT molecular complexity index is 578. The molecular weight excluding hydrogens is 335 g/mol. The number of carbonyl (C=O) groups excluding carboxylic acids is 1. The average Bonchev–Trinajstić information content (AvgIpc) is 2.95. The summed E-state index contributed by atoms with van der Waals surface area (Å²) in [4.78, 5) is 19.6. The van der Waals surface area contributed by atoms with Crippen molar-refractivity contribution in [2.45, 2.75) is 32.2 Å². The minimum Gasteiger partial charge on any atom is -0.349 e. The van der Waals surface area contributed by atoms with Gasteiger partial charge in [-0.1, -0.05) is 12.1 Å². The lowest BCUT2D eigenvalue weighted by Crippen LogP contribution is -2.29. The van der Waals surface area contributed by atoms with Gasteiger partial charge in [0, 0.05) is 6.42 Å². The number of carbonyl (C=O) groups is 1. The molecule has 0 saturated carbocycles. The van der Waals surface area contributed by atoms with Gasteiger partial charge in [0.25, 0.3) is 0 Å². The number of amides is 1. The number of aromatic nitrogens is 2. The highest BCUT2D eigenvalue weighted by molar-refractivity contribution is 5.85. The van der Waals surface area contributed by atoms with Crippen LogP contribution in [0.1, 0.15) is 31.5 Å². The predicted molar refractivity (Wildman–Crippen MR) is 97.3 cm³/mol. The van der Waals surface area contributed by atoms with Crippen LogP contribution in [0, 0.1) is 5.92 Å². The fourth-order valence-electron chi connectivity index (χ4n) is 2.87. The smallest absolute Gasteiger partial charge is 0.220 e. The largest absolute Gasteiger partial charge is 0.349 e. The Morgan fingerprint density at radius 3 is 2.70 bits per heavy atom. The molecule has 0 atom stereocenters. The number of nitrogens with zero attached hydrogens (tertiary/aromatic N) is 1. The van der Waals surface area contributed by atoms with E-state index in [2.05, 4.69) is 20.6 Å². The number of fused-ring (bicyclic) bond motifs is 1. The second-order valence-electron chi connectivity index (χ2n) is 5.71. The minimum atomic E-state index is 0. The van der Waals surface area contributed by atoms with Gasteiger partial charge in [-0.05, 0) is 50.4 Å². The monoisotopic (exact) mass is 358 g/mol. The van der Waals surface area contributed by atoms with Crippen molar-refractivity contribution in [1.82, 2.24) is 20.6 Å². The second-order valence-corrected chi connectivity index (χ2v) is 5.71. The van der Waals surface area contributed by atoms with E-state index < -0.39 is 0 Å². The molecule has 1 aromatic carbocycles. The van der Waals surface area contributed by atoms with Crippen molar-refractivity contribution < 1.29 is 4.79 Å². The van der Waals surface area contributed by atoms with E-state index >= 15 is 0 Å². The maximum Gasteiger partial charge on any atom is 0.220 e. The molecule has 128 valence electrons. The van der Waals surface area contributed by atoms with Gasteiger partial charge >= 0.3 is 0 Å². The lowest BCUT2D eigenvalue weighted by Gasteiger charge is -2.22. The Morgan fingerprint density at radius 2 is 1.96 bits per heavy atom. The molecule has 0 unspecified atom stereocenters. The van der Waals surface area contributed by atoms with Gasteiger partial charge < -0.3 is 15.6 Å². The van der Waals surface area contributed by atoms with Crippen LogP contribution in [-0.4, -0.2) is 29.0 Å². The molecule has 2 aromatic rings. The number of hydrogen-bond acceptors (Lipinski definition) is 3. The molecule has 0 radical (unpaired) electrons.